The van der Waals surface area contributed by atoms with Crippen LogP contribution in [0.1, 0.15) is 34.7 Å². The number of hydrogen-bond acceptors (Lipinski definition) is 5. The Morgan fingerprint density at radius 3 is 2.94 bits per heavy atom. The molecule has 3 heterocycles. The molecule has 1 aliphatic heterocycles. The van der Waals surface area contributed by atoms with Crippen molar-refractivity contribution in [3.8, 4) is 0 Å². The molecule has 0 saturated carbocycles. The monoisotopic (exact) mass is 425 g/mol. The summed E-state index contributed by atoms with van der Waals surface area (Å²) in [6.45, 7) is 0.714. The molecule has 1 unspecified atom stereocenters. The lowest BCUT2D eigenvalue weighted by Gasteiger charge is -2.32. The number of nitrogens with one attached hydrogen (secondary N) is 2. The summed E-state index contributed by atoms with van der Waals surface area (Å²) in [5.41, 5.74) is 6.29. The van der Waals surface area contributed by atoms with Crippen LogP contribution in [0, 0.1) is 11.6 Å². The highest BCUT2D eigenvalue weighted by Gasteiger charge is 2.31. The zero-order valence-corrected chi connectivity index (χ0v) is 16.6. The lowest BCUT2D eigenvalue weighted by Crippen LogP contribution is -2.42. The summed E-state index contributed by atoms with van der Waals surface area (Å²) in [6.07, 6.45) is 6.42. The van der Waals surface area contributed by atoms with Crippen LogP contribution in [-0.4, -0.2) is 39.6 Å². The second-order valence-corrected chi connectivity index (χ2v) is 7.38. The van der Waals surface area contributed by atoms with Crippen molar-refractivity contribution >= 4 is 28.4 Å². The lowest BCUT2D eigenvalue weighted by molar-refractivity contribution is -0.127. The molecule has 4 rings (SSSR count). The minimum absolute atomic E-state index is 0.0139. The van der Waals surface area contributed by atoms with Crippen LogP contribution >= 0.6 is 0 Å². The van der Waals surface area contributed by atoms with E-state index >= 15 is 0 Å². The number of hydrogen-bond donors (Lipinski definition) is 3. The van der Waals surface area contributed by atoms with Crippen LogP contribution in [0.15, 0.2) is 49.1 Å². The molecule has 1 atom stereocenters. The van der Waals surface area contributed by atoms with Gasteiger partial charge in [0.25, 0.3) is 11.7 Å². The number of piperidine rings is 1. The highest BCUT2D eigenvalue weighted by atomic mass is 19.1. The van der Waals surface area contributed by atoms with Gasteiger partial charge in [0.2, 0.25) is 0 Å². The van der Waals surface area contributed by atoms with Gasteiger partial charge in [-0.15, -0.1) is 0 Å². The fourth-order valence-corrected chi connectivity index (χ4v) is 3.98. The number of fused-ring (bicyclic) bond motifs is 1. The van der Waals surface area contributed by atoms with Gasteiger partial charge in [-0.25, -0.2) is 13.8 Å². The van der Waals surface area contributed by atoms with E-state index in [1.807, 2.05) is 6.07 Å². The van der Waals surface area contributed by atoms with E-state index in [9.17, 15) is 18.4 Å². The molecule has 1 fully saturated rings. The van der Waals surface area contributed by atoms with Crippen molar-refractivity contribution in [2.75, 3.05) is 18.4 Å². The first-order chi connectivity index (χ1) is 15.0. The van der Waals surface area contributed by atoms with Crippen molar-refractivity contribution in [1.29, 1.82) is 0 Å². The Kier molecular flexibility index (Phi) is 5.66. The molecule has 0 bridgehead atoms. The molecular formula is C22H21F2N5O2. The van der Waals surface area contributed by atoms with Crippen LogP contribution in [-0.2, 0) is 4.79 Å². The molecule has 31 heavy (non-hydrogen) atoms. The summed E-state index contributed by atoms with van der Waals surface area (Å²) >= 11 is 0. The number of amides is 1. The summed E-state index contributed by atoms with van der Waals surface area (Å²) < 4.78 is 28.1. The van der Waals surface area contributed by atoms with E-state index in [0.29, 0.717) is 19.5 Å². The van der Waals surface area contributed by atoms with Crippen molar-refractivity contribution in [3.63, 3.8) is 0 Å². The van der Waals surface area contributed by atoms with Gasteiger partial charge in [-0.05, 0) is 30.5 Å². The molecule has 1 amide bonds. The van der Waals surface area contributed by atoms with E-state index in [2.05, 4.69) is 15.3 Å². The maximum atomic E-state index is 14.5. The van der Waals surface area contributed by atoms with Gasteiger partial charge in [0.15, 0.2) is 11.6 Å². The third-order valence-electron chi connectivity index (χ3n) is 5.45. The number of carbonyl (C=O) groups excluding carboxylic acids is 2. The highest BCUT2D eigenvalue weighted by Crippen LogP contribution is 2.30. The molecule has 0 radical (unpaired) electrons. The van der Waals surface area contributed by atoms with E-state index in [1.54, 1.807) is 6.07 Å². The van der Waals surface area contributed by atoms with Gasteiger partial charge in [-0.2, -0.15) is 0 Å². The fraction of sp³-hybridized carbons (Fsp3) is 0.227. The van der Waals surface area contributed by atoms with Crippen LogP contribution in [0.2, 0.25) is 0 Å². The Morgan fingerprint density at radius 2 is 2.16 bits per heavy atom. The molecule has 1 aromatic carbocycles. The van der Waals surface area contributed by atoms with Gasteiger partial charge in [-0.3, -0.25) is 9.59 Å². The Bertz CT molecular complexity index is 1170. The van der Waals surface area contributed by atoms with Crippen LogP contribution < -0.4 is 11.1 Å². The summed E-state index contributed by atoms with van der Waals surface area (Å²) in [6, 6.07) is 6.26. The average Bonchev–Trinajstić information content (AvgIpc) is 3.24. The number of Topliss-reactive ketones (excluding diaryl/α,β-unsaturated/α-hetero) is 1. The first-order valence-electron chi connectivity index (χ1n) is 9.87. The first kappa shape index (κ1) is 20.5. The van der Waals surface area contributed by atoms with Gasteiger partial charge < -0.3 is 20.9 Å². The molecular weight excluding hydrogens is 404 g/mol. The number of halogens is 2. The summed E-state index contributed by atoms with van der Waals surface area (Å²) in [7, 11) is 0. The van der Waals surface area contributed by atoms with Crippen molar-refractivity contribution in [2.45, 2.75) is 18.8 Å². The Balaban J connectivity index is 1.59. The number of nitrogens with two attached hydrogens (primary N) is 1. The molecule has 4 N–H and O–H groups in total. The fourth-order valence-electron chi connectivity index (χ4n) is 3.98. The molecule has 0 spiro atoms. The SMILES string of the molecule is N/C=C\Nc1ncc(F)c2c(C(=O)C(=O)N3CCCC(c4cccc(F)c4)C3)c[nH]c12. The number of nitrogens with zero attached hydrogens (tertiary/aromatic N) is 2. The minimum Gasteiger partial charge on any atom is -0.403 e. The van der Waals surface area contributed by atoms with Crippen molar-refractivity contribution in [3.05, 3.63) is 71.8 Å². The average molecular weight is 425 g/mol. The number of rotatable bonds is 5. The van der Waals surface area contributed by atoms with Crippen LogP contribution in [0.25, 0.3) is 10.9 Å². The quantitative estimate of drug-likeness (QED) is 0.430. The lowest BCUT2D eigenvalue weighted by atomic mass is 9.90. The van der Waals surface area contributed by atoms with Gasteiger partial charge >= 0.3 is 0 Å². The Hall–Kier alpha value is -3.75. The zero-order chi connectivity index (χ0) is 22.0. The van der Waals surface area contributed by atoms with E-state index in [1.165, 1.54) is 35.6 Å². The molecule has 1 aliphatic rings. The van der Waals surface area contributed by atoms with E-state index < -0.39 is 17.5 Å². The third-order valence-corrected chi connectivity index (χ3v) is 5.45. The number of ketones is 1. The standard InChI is InChI=1S/C22H21F2N5O2/c23-15-5-1-3-13(9-15)14-4-2-8-29(12-14)22(31)20(30)16-10-27-19-18(16)17(24)11-28-21(19)26-7-6-25/h1,3,5-7,9-11,14,27H,2,4,8,12,25H2,(H,26,28)/b7-6-. The molecule has 7 nitrogen and oxygen atoms in total. The highest BCUT2D eigenvalue weighted by molar-refractivity contribution is 6.45. The number of H-pyrrole nitrogens is 1. The molecule has 0 aliphatic carbocycles. The number of pyridine rings is 1. The van der Waals surface area contributed by atoms with E-state index in [0.717, 1.165) is 18.2 Å². The van der Waals surface area contributed by atoms with Crippen LogP contribution in [0.3, 0.4) is 0 Å². The van der Waals surface area contributed by atoms with Gasteiger partial charge in [0.1, 0.15) is 5.82 Å². The van der Waals surface area contributed by atoms with Crippen LogP contribution in [0.4, 0.5) is 14.6 Å². The topological polar surface area (TPSA) is 104 Å². The summed E-state index contributed by atoms with van der Waals surface area (Å²) in [4.78, 5) is 34.1. The number of anilines is 1. The number of aromatic nitrogens is 2. The van der Waals surface area contributed by atoms with Crippen LogP contribution in [0.5, 0.6) is 0 Å². The van der Waals surface area contributed by atoms with E-state index in [-0.39, 0.29) is 34.0 Å². The number of likely N-dealkylation sites (tertiary alicyclic amines) is 1. The second-order valence-electron chi connectivity index (χ2n) is 7.38. The predicted octanol–water partition coefficient (Wildman–Crippen LogP) is 3.27. The zero-order valence-electron chi connectivity index (χ0n) is 16.6. The molecule has 1 saturated heterocycles. The van der Waals surface area contributed by atoms with E-state index in [4.69, 9.17) is 5.73 Å². The van der Waals surface area contributed by atoms with Gasteiger partial charge in [-0.1, -0.05) is 12.1 Å². The minimum atomic E-state index is -0.809. The third kappa shape index (κ3) is 3.98. The summed E-state index contributed by atoms with van der Waals surface area (Å²) in [5, 5.41) is 2.77. The smallest absolute Gasteiger partial charge is 0.295 e. The van der Waals surface area contributed by atoms with Gasteiger partial charge in [0, 0.05) is 37.6 Å². The van der Waals surface area contributed by atoms with Gasteiger partial charge in [0.05, 0.1) is 22.7 Å². The molecule has 3 aromatic rings. The number of benzene rings is 1. The maximum Gasteiger partial charge on any atom is 0.295 e. The van der Waals surface area contributed by atoms with Crippen molar-refractivity contribution in [2.24, 2.45) is 5.73 Å². The second kappa shape index (κ2) is 8.55. The number of aromatic amines is 1. The molecule has 160 valence electrons. The Morgan fingerprint density at radius 1 is 1.32 bits per heavy atom. The molecule has 2 aromatic heterocycles. The first-order valence-corrected chi connectivity index (χ1v) is 9.87. The van der Waals surface area contributed by atoms with Crippen molar-refractivity contribution in [1.82, 2.24) is 14.9 Å². The molecule has 9 heteroatoms. The maximum absolute atomic E-state index is 14.5. The normalized spacial score (nSPS) is 16.7. The summed E-state index contributed by atoms with van der Waals surface area (Å²) in [5.74, 6) is -2.37. The Labute approximate surface area is 176 Å². The van der Waals surface area contributed by atoms with Crippen molar-refractivity contribution < 1.29 is 18.4 Å². The number of carbonyl (C=O) groups is 2. The largest absolute Gasteiger partial charge is 0.403 e. The predicted molar refractivity (Wildman–Crippen MR) is 112 cm³/mol.